The molecule has 1 amide bonds. The minimum atomic E-state index is -0.512. The zero-order chi connectivity index (χ0) is 9.84. The molecule has 0 aromatic heterocycles. The van der Waals surface area contributed by atoms with Crippen LogP contribution in [0.2, 0.25) is 0 Å². The number of nitrogen functional groups attached to an aromatic ring is 2. The summed E-state index contributed by atoms with van der Waals surface area (Å²) in [6.07, 6.45) is 2.78. The topological polar surface area (TPSA) is 95.1 Å². The highest BCUT2D eigenvalue weighted by Crippen LogP contribution is 2.16. The molecule has 0 aliphatic carbocycles. The van der Waals surface area contributed by atoms with Gasteiger partial charge in [-0.25, -0.2) is 0 Å². The summed E-state index contributed by atoms with van der Waals surface area (Å²) < 4.78 is 0. The van der Waals surface area contributed by atoms with Crippen LogP contribution < -0.4 is 17.2 Å². The van der Waals surface area contributed by atoms with Gasteiger partial charge in [-0.3, -0.25) is 4.79 Å². The lowest BCUT2D eigenvalue weighted by molar-refractivity contribution is -0.113. The van der Waals surface area contributed by atoms with E-state index in [0.717, 1.165) is 0 Å². The van der Waals surface area contributed by atoms with Crippen LogP contribution in [0, 0.1) is 0 Å². The molecule has 0 atom stereocenters. The average Bonchev–Trinajstić information content (AvgIpc) is 2.06. The van der Waals surface area contributed by atoms with Crippen LogP contribution in [0.15, 0.2) is 24.3 Å². The minimum absolute atomic E-state index is 0.512. The van der Waals surface area contributed by atoms with Crippen molar-refractivity contribution >= 4 is 23.4 Å². The Hall–Kier alpha value is -1.97. The van der Waals surface area contributed by atoms with Gasteiger partial charge in [0.25, 0.3) is 0 Å². The monoisotopic (exact) mass is 177 g/mol. The first-order valence-electron chi connectivity index (χ1n) is 3.72. The van der Waals surface area contributed by atoms with E-state index in [1.165, 1.54) is 12.2 Å². The molecule has 1 rings (SSSR count). The Morgan fingerprint density at radius 2 is 2.00 bits per heavy atom. The van der Waals surface area contributed by atoms with Crippen molar-refractivity contribution in [1.29, 1.82) is 0 Å². The van der Waals surface area contributed by atoms with Crippen molar-refractivity contribution in [3.05, 3.63) is 29.8 Å². The highest BCUT2D eigenvalue weighted by Gasteiger charge is 1.95. The summed E-state index contributed by atoms with van der Waals surface area (Å²) in [7, 11) is 0. The molecular weight excluding hydrogens is 166 g/mol. The molecule has 4 nitrogen and oxygen atoms in total. The van der Waals surface area contributed by atoms with Crippen LogP contribution >= 0.6 is 0 Å². The zero-order valence-corrected chi connectivity index (χ0v) is 7.03. The van der Waals surface area contributed by atoms with Gasteiger partial charge in [0.1, 0.15) is 0 Å². The van der Waals surface area contributed by atoms with Gasteiger partial charge >= 0.3 is 0 Å². The van der Waals surface area contributed by atoms with Crippen molar-refractivity contribution in [3.63, 3.8) is 0 Å². The number of benzene rings is 1. The molecular formula is C9H11N3O. The van der Waals surface area contributed by atoms with Gasteiger partial charge in [0.2, 0.25) is 5.91 Å². The van der Waals surface area contributed by atoms with Crippen molar-refractivity contribution in [3.8, 4) is 0 Å². The van der Waals surface area contributed by atoms with E-state index >= 15 is 0 Å². The Bertz CT molecular complexity index is 358. The van der Waals surface area contributed by atoms with Crippen molar-refractivity contribution in [2.75, 3.05) is 11.5 Å². The lowest BCUT2D eigenvalue weighted by atomic mass is 10.1. The Kier molecular flexibility index (Phi) is 2.54. The Morgan fingerprint density at radius 3 is 2.62 bits per heavy atom. The molecule has 0 bridgehead atoms. The predicted molar refractivity (Wildman–Crippen MR) is 53.5 cm³/mol. The first-order chi connectivity index (χ1) is 6.09. The number of amides is 1. The maximum Gasteiger partial charge on any atom is 0.241 e. The zero-order valence-electron chi connectivity index (χ0n) is 7.03. The molecule has 1 aromatic carbocycles. The summed E-state index contributed by atoms with van der Waals surface area (Å²) in [6.45, 7) is 0. The number of carbonyl (C=O) groups excluding carboxylic acids is 1. The number of carbonyl (C=O) groups is 1. The SMILES string of the molecule is NC(=O)C=Cc1cc(N)ccc1N. The van der Waals surface area contributed by atoms with Gasteiger partial charge in [-0.2, -0.15) is 0 Å². The number of nitrogens with two attached hydrogens (primary N) is 3. The molecule has 0 spiro atoms. The lowest BCUT2D eigenvalue weighted by Gasteiger charge is -2.00. The van der Waals surface area contributed by atoms with Crippen molar-refractivity contribution in [2.24, 2.45) is 5.73 Å². The average molecular weight is 177 g/mol. The van der Waals surface area contributed by atoms with Crippen LogP contribution in [-0.4, -0.2) is 5.91 Å². The van der Waals surface area contributed by atoms with Crippen LogP contribution in [0.25, 0.3) is 6.08 Å². The molecule has 0 aliphatic rings. The minimum Gasteiger partial charge on any atom is -0.399 e. The summed E-state index contributed by atoms with van der Waals surface area (Å²) in [5, 5.41) is 0. The smallest absolute Gasteiger partial charge is 0.241 e. The molecule has 0 radical (unpaired) electrons. The molecule has 0 fully saturated rings. The fourth-order valence-corrected chi connectivity index (χ4v) is 0.909. The van der Waals surface area contributed by atoms with Crippen LogP contribution in [0.4, 0.5) is 11.4 Å². The lowest BCUT2D eigenvalue weighted by Crippen LogP contribution is -2.05. The Labute approximate surface area is 76.0 Å². The fourth-order valence-electron chi connectivity index (χ4n) is 0.909. The van der Waals surface area contributed by atoms with E-state index < -0.39 is 5.91 Å². The summed E-state index contributed by atoms with van der Waals surface area (Å²) >= 11 is 0. The third kappa shape index (κ3) is 2.52. The molecule has 0 unspecified atom stereocenters. The molecule has 0 saturated heterocycles. The summed E-state index contributed by atoms with van der Waals surface area (Å²) in [5.41, 5.74) is 17.9. The molecule has 0 saturated carbocycles. The van der Waals surface area contributed by atoms with Gasteiger partial charge < -0.3 is 17.2 Å². The highest BCUT2D eigenvalue weighted by molar-refractivity contribution is 5.91. The second kappa shape index (κ2) is 3.62. The van der Waals surface area contributed by atoms with Gasteiger partial charge in [0.05, 0.1) is 0 Å². The summed E-state index contributed by atoms with van der Waals surface area (Å²) in [5.74, 6) is -0.512. The molecule has 13 heavy (non-hydrogen) atoms. The van der Waals surface area contributed by atoms with E-state index in [4.69, 9.17) is 17.2 Å². The first-order valence-corrected chi connectivity index (χ1v) is 3.72. The maximum atomic E-state index is 10.4. The Morgan fingerprint density at radius 1 is 1.31 bits per heavy atom. The molecule has 6 N–H and O–H groups in total. The van der Waals surface area contributed by atoms with Gasteiger partial charge in [0, 0.05) is 17.5 Å². The number of hydrogen-bond donors (Lipinski definition) is 3. The van der Waals surface area contributed by atoms with E-state index in [2.05, 4.69) is 0 Å². The summed E-state index contributed by atoms with van der Waals surface area (Å²) in [6, 6.07) is 5.04. The number of rotatable bonds is 2. The highest BCUT2D eigenvalue weighted by atomic mass is 16.1. The van der Waals surface area contributed by atoms with Crippen LogP contribution in [0.1, 0.15) is 5.56 Å². The van der Waals surface area contributed by atoms with E-state index in [1.54, 1.807) is 18.2 Å². The van der Waals surface area contributed by atoms with Crippen LogP contribution in [0.3, 0.4) is 0 Å². The summed E-state index contributed by atoms with van der Waals surface area (Å²) in [4.78, 5) is 10.4. The maximum absolute atomic E-state index is 10.4. The molecule has 4 heteroatoms. The predicted octanol–water partition coefficient (Wildman–Crippen LogP) is 0.349. The first kappa shape index (κ1) is 9.12. The molecule has 0 heterocycles. The van der Waals surface area contributed by atoms with Crippen molar-refractivity contribution in [2.45, 2.75) is 0 Å². The number of primary amides is 1. The molecule has 1 aromatic rings. The van der Waals surface area contributed by atoms with Crippen LogP contribution in [0.5, 0.6) is 0 Å². The van der Waals surface area contributed by atoms with Crippen LogP contribution in [-0.2, 0) is 4.79 Å². The third-order valence-electron chi connectivity index (χ3n) is 1.54. The fraction of sp³-hybridized carbons (Fsp3) is 0. The van der Waals surface area contributed by atoms with Gasteiger partial charge in [-0.1, -0.05) is 0 Å². The van der Waals surface area contributed by atoms with E-state index in [1.807, 2.05) is 0 Å². The largest absolute Gasteiger partial charge is 0.399 e. The quantitative estimate of drug-likeness (QED) is 0.449. The van der Waals surface area contributed by atoms with E-state index in [0.29, 0.717) is 16.9 Å². The number of anilines is 2. The van der Waals surface area contributed by atoms with Gasteiger partial charge in [-0.05, 0) is 29.8 Å². The second-order valence-corrected chi connectivity index (χ2v) is 2.62. The third-order valence-corrected chi connectivity index (χ3v) is 1.54. The van der Waals surface area contributed by atoms with Crippen molar-refractivity contribution in [1.82, 2.24) is 0 Å². The molecule has 68 valence electrons. The van der Waals surface area contributed by atoms with Crippen molar-refractivity contribution < 1.29 is 4.79 Å². The second-order valence-electron chi connectivity index (χ2n) is 2.62. The van der Waals surface area contributed by atoms with Gasteiger partial charge in [-0.15, -0.1) is 0 Å². The normalized spacial score (nSPS) is 10.5. The van der Waals surface area contributed by atoms with E-state index in [9.17, 15) is 4.79 Å². The van der Waals surface area contributed by atoms with E-state index in [-0.39, 0.29) is 0 Å². The standard InChI is InChI=1S/C9H11N3O/c10-7-2-3-8(11)6(5-7)1-4-9(12)13/h1-5H,10-11H2,(H2,12,13). The molecule has 0 aliphatic heterocycles. The van der Waals surface area contributed by atoms with Gasteiger partial charge in [0.15, 0.2) is 0 Å². The Balaban J connectivity index is 3.00. The number of hydrogen-bond acceptors (Lipinski definition) is 3.